The first-order valence-corrected chi connectivity index (χ1v) is 7.01. The zero-order chi connectivity index (χ0) is 13.8. The van der Waals surface area contributed by atoms with E-state index in [4.69, 9.17) is 4.74 Å². The van der Waals surface area contributed by atoms with Gasteiger partial charge in [-0.1, -0.05) is 35.7 Å². The van der Waals surface area contributed by atoms with Gasteiger partial charge in [0, 0.05) is 6.04 Å². The Hall–Kier alpha value is -1.35. The van der Waals surface area contributed by atoms with Gasteiger partial charge in [-0.05, 0) is 38.8 Å². The number of nitrogens with one attached hydrogen (secondary N) is 1. The van der Waals surface area contributed by atoms with Gasteiger partial charge in [-0.15, -0.1) is 0 Å². The Kier molecular flexibility index (Phi) is 4.59. The lowest BCUT2D eigenvalue weighted by Gasteiger charge is -2.30. The molecule has 3 nitrogen and oxygen atoms in total. The summed E-state index contributed by atoms with van der Waals surface area (Å²) in [6, 6.07) is 6.53. The minimum Gasteiger partial charge on any atom is -0.469 e. The number of piperidine rings is 1. The molecule has 0 aromatic heterocycles. The Bertz CT molecular complexity index is 430. The summed E-state index contributed by atoms with van der Waals surface area (Å²) in [4.78, 5) is 12.2. The number of rotatable bonds is 3. The molecule has 1 fully saturated rings. The summed E-state index contributed by atoms with van der Waals surface area (Å²) < 4.78 is 5.02. The van der Waals surface area contributed by atoms with Crippen molar-refractivity contribution in [1.29, 1.82) is 0 Å². The summed E-state index contributed by atoms with van der Waals surface area (Å²) in [5, 5.41) is 3.47. The summed E-state index contributed by atoms with van der Waals surface area (Å²) in [7, 11) is 1.47. The molecule has 1 N–H and O–H groups in total. The van der Waals surface area contributed by atoms with Gasteiger partial charge in [0.25, 0.3) is 0 Å². The molecule has 0 amide bonds. The van der Waals surface area contributed by atoms with Crippen molar-refractivity contribution in [2.75, 3.05) is 13.7 Å². The zero-order valence-electron chi connectivity index (χ0n) is 12.0. The second kappa shape index (κ2) is 6.20. The lowest BCUT2D eigenvalue weighted by Crippen LogP contribution is -2.42. The Balaban J connectivity index is 2.33. The predicted molar refractivity (Wildman–Crippen MR) is 76.3 cm³/mol. The highest BCUT2D eigenvalue weighted by atomic mass is 16.5. The van der Waals surface area contributed by atoms with Gasteiger partial charge in [0.2, 0.25) is 0 Å². The highest BCUT2D eigenvalue weighted by Crippen LogP contribution is 2.28. The van der Waals surface area contributed by atoms with E-state index in [0.29, 0.717) is 0 Å². The number of hydrogen-bond donors (Lipinski definition) is 1. The number of hydrogen-bond acceptors (Lipinski definition) is 3. The Morgan fingerprint density at radius 2 is 1.95 bits per heavy atom. The molecule has 1 heterocycles. The summed E-state index contributed by atoms with van der Waals surface area (Å²) in [6.45, 7) is 5.13. The molecule has 1 aliphatic heterocycles. The van der Waals surface area contributed by atoms with Crippen molar-refractivity contribution in [3.63, 3.8) is 0 Å². The van der Waals surface area contributed by atoms with E-state index in [1.165, 1.54) is 31.1 Å². The van der Waals surface area contributed by atoms with Crippen LogP contribution in [0.5, 0.6) is 0 Å². The predicted octanol–water partition coefficient (Wildman–Crippen LogP) is 2.70. The number of carbonyl (C=O) groups is 1. The van der Waals surface area contributed by atoms with E-state index in [9.17, 15) is 4.79 Å². The number of benzene rings is 1. The molecule has 0 bridgehead atoms. The molecule has 19 heavy (non-hydrogen) atoms. The van der Waals surface area contributed by atoms with Gasteiger partial charge in [0.05, 0.1) is 13.0 Å². The van der Waals surface area contributed by atoms with Crippen LogP contribution in [0.1, 0.15) is 41.9 Å². The van der Waals surface area contributed by atoms with E-state index < -0.39 is 0 Å². The van der Waals surface area contributed by atoms with Gasteiger partial charge in [-0.25, -0.2) is 0 Å². The van der Waals surface area contributed by atoms with Crippen molar-refractivity contribution in [1.82, 2.24) is 5.32 Å². The highest BCUT2D eigenvalue weighted by molar-refractivity contribution is 5.79. The molecule has 0 aliphatic carbocycles. The molecular weight excluding hydrogens is 238 g/mol. The number of ether oxygens (including phenoxy) is 1. The first-order chi connectivity index (χ1) is 9.11. The largest absolute Gasteiger partial charge is 0.469 e. The number of carbonyl (C=O) groups excluding carboxylic acids is 1. The number of methoxy groups -OCH3 is 1. The van der Waals surface area contributed by atoms with Gasteiger partial charge in [-0.3, -0.25) is 4.79 Å². The average Bonchev–Trinajstić information content (AvgIpc) is 2.39. The van der Waals surface area contributed by atoms with Crippen LogP contribution in [0.4, 0.5) is 0 Å². The fraction of sp³-hybridized carbons (Fsp3) is 0.562. The second-order valence-electron chi connectivity index (χ2n) is 5.48. The van der Waals surface area contributed by atoms with Crippen molar-refractivity contribution in [2.45, 2.75) is 45.1 Å². The van der Waals surface area contributed by atoms with Gasteiger partial charge in [0.15, 0.2) is 0 Å². The molecule has 1 aromatic rings. The maximum absolute atomic E-state index is 12.2. The smallest absolute Gasteiger partial charge is 0.314 e. The van der Waals surface area contributed by atoms with Gasteiger partial charge in [-0.2, -0.15) is 0 Å². The van der Waals surface area contributed by atoms with Crippen LogP contribution < -0.4 is 5.32 Å². The molecule has 1 aromatic carbocycles. The Labute approximate surface area is 115 Å². The average molecular weight is 261 g/mol. The molecule has 104 valence electrons. The van der Waals surface area contributed by atoms with Gasteiger partial charge >= 0.3 is 5.97 Å². The quantitative estimate of drug-likeness (QED) is 0.850. The van der Waals surface area contributed by atoms with Crippen molar-refractivity contribution >= 4 is 5.97 Å². The molecular formula is C16H23NO2. The molecule has 1 aliphatic rings. The molecule has 3 heteroatoms. The third kappa shape index (κ3) is 3.35. The molecule has 2 atom stereocenters. The molecule has 0 saturated carbocycles. The normalized spacial score (nSPS) is 20.9. The number of aryl methyl sites for hydroxylation is 2. The van der Waals surface area contributed by atoms with Crippen molar-refractivity contribution < 1.29 is 9.53 Å². The molecule has 0 unspecified atom stereocenters. The molecule has 2 rings (SSSR count). The van der Waals surface area contributed by atoms with Crippen molar-refractivity contribution in [3.05, 3.63) is 34.9 Å². The van der Waals surface area contributed by atoms with Crippen LogP contribution in [0.15, 0.2) is 18.2 Å². The van der Waals surface area contributed by atoms with E-state index in [1.54, 1.807) is 0 Å². The van der Waals surface area contributed by atoms with E-state index in [1.807, 2.05) is 0 Å². The van der Waals surface area contributed by atoms with Crippen LogP contribution in [0.25, 0.3) is 0 Å². The summed E-state index contributed by atoms with van der Waals surface area (Å²) in [5.74, 6) is -0.326. The van der Waals surface area contributed by atoms with E-state index in [0.717, 1.165) is 18.5 Å². The van der Waals surface area contributed by atoms with Crippen LogP contribution in [-0.2, 0) is 9.53 Å². The lowest BCUT2D eigenvalue weighted by atomic mass is 9.85. The van der Waals surface area contributed by atoms with Crippen LogP contribution in [0.2, 0.25) is 0 Å². The fourth-order valence-electron chi connectivity index (χ4n) is 3.01. The topological polar surface area (TPSA) is 38.3 Å². The Morgan fingerprint density at radius 1 is 1.26 bits per heavy atom. The highest BCUT2D eigenvalue weighted by Gasteiger charge is 2.31. The zero-order valence-corrected chi connectivity index (χ0v) is 12.0. The molecule has 0 radical (unpaired) electrons. The first kappa shape index (κ1) is 14.1. The van der Waals surface area contributed by atoms with Crippen LogP contribution in [-0.4, -0.2) is 25.7 Å². The third-order valence-electron chi connectivity index (χ3n) is 3.81. The van der Waals surface area contributed by atoms with Gasteiger partial charge in [0.1, 0.15) is 0 Å². The third-order valence-corrected chi connectivity index (χ3v) is 3.81. The SMILES string of the molecule is COC(=O)[C@H](c1cc(C)cc(C)c1)[C@H]1CCCCN1. The second-order valence-corrected chi connectivity index (χ2v) is 5.48. The van der Waals surface area contributed by atoms with Crippen LogP contribution >= 0.6 is 0 Å². The van der Waals surface area contributed by atoms with E-state index in [2.05, 4.69) is 37.4 Å². The molecule has 0 spiro atoms. The van der Waals surface area contributed by atoms with Crippen molar-refractivity contribution in [3.8, 4) is 0 Å². The van der Waals surface area contributed by atoms with E-state index >= 15 is 0 Å². The minimum absolute atomic E-state index is 0.135. The van der Waals surface area contributed by atoms with Gasteiger partial charge < -0.3 is 10.1 Å². The summed E-state index contributed by atoms with van der Waals surface area (Å²) in [5.41, 5.74) is 3.46. The molecule has 1 saturated heterocycles. The standard InChI is InChI=1S/C16H23NO2/c1-11-8-12(2)10-13(9-11)15(16(18)19-3)14-6-4-5-7-17-14/h8-10,14-15,17H,4-7H2,1-3H3/t14-,15-/m1/s1. The van der Waals surface area contributed by atoms with Crippen LogP contribution in [0, 0.1) is 13.8 Å². The first-order valence-electron chi connectivity index (χ1n) is 7.01. The lowest BCUT2D eigenvalue weighted by molar-refractivity contribution is -0.143. The van der Waals surface area contributed by atoms with Crippen molar-refractivity contribution in [2.24, 2.45) is 0 Å². The Morgan fingerprint density at radius 3 is 2.47 bits per heavy atom. The minimum atomic E-state index is -0.191. The fourth-order valence-corrected chi connectivity index (χ4v) is 3.01. The summed E-state index contributed by atoms with van der Waals surface area (Å²) in [6.07, 6.45) is 3.40. The van der Waals surface area contributed by atoms with E-state index in [-0.39, 0.29) is 17.9 Å². The monoisotopic (exact) mass is 261 g/mol. The summed E-state index contributed by atoms with van der Waals surface area (Å²) >= 11 is 0. The van der Waals surface area contributed by atoms with Crippen LogP contribution in [0.3, 0.4) is 0 Å². The number of esters is 1. The maximum atomic E-state index is 12.2. The maximum Gasteiger partial charge on any atom is 0.314 e.